The zero-order valence-electron chi connectivity index (χ0n) is 14.4. The molecule has 0 radical (unpaired) electrons. The van der Waals surface area contributed by atoms with Gasteiger partial charge in [0, 0.05) is 5.97 Å². The van der Waals surface area contributed by atoms with Crippen LogP contribution in [0.5, 0.6) is 0 Å². The molecule has 0 spiro atoms. The highest BCUT2D eigenvalue weighted by Gasteiger charge is 2.35. The van der Waals surface area contributed by atoms with Gasteiger partial charge in [-0.25, -0.2) is 0 Å². The van der Waals surface area contributed by atoms with Crippen LogP contribution in [0.3, 0.4) is 0 Å². The van der Waals surface area contributed by atoms with Gasteiger partial charge < -0.3 is 14.6 Å². The number of epoxide rings is 1. The van der Waals surface area contributed by atoms with Crippen LogP contribution in [-0.4, -0.2) is 18.2 Å². The number of ether oxygens (including phenoxy) is 1. The van der Waals surface area contributed by atoms with Gasteiger partial charge in [0.2, 0.25) is 0 Å². The number of hydrogen-bond acceptors (Lipinski definition) is 3. The number of carboxylic acid groups (broad SMARTS) is 1. The van der Waals surface area contributed by atoms with Crippen LogP contribution in [0.4, 0.5) is 0 Å². The first kappa shape index (κ1) is 19.7. The van der Waals surface area contributed by atoms with Crippen LogP contribution >= 0.6 is 0 Å². The van der Waals surface area contributed by atoms with Gasteiger partial charge in [0.25, 0.3) is 0 Å². The first-order valence-corrected chi connectivity index (χ1v) is 9.04. The SMILES string of the molecule is CCCCC/C=C\C/C=C\C[C@H]1O[C@H]1C/C=C\CCCC(=O)[O-]. The van der Waals surface area contributed by atoms with Gasteiger partial charge in [0.15, 0.2) is 0 Å². The van der Waals surface area contributed by atoms with E-state index in [9.17, 15) is 9.90 Å². The van der Waals surface area contributed by atoms with Crippen molar-refractivity contribution in [2.24, 2.45) is 0 Å². The molecule has 23 heavy (non-hydrogen) atoms. The molecule has 1 heterocycles. The standard InChI is InChI=1S/C20H32O3/c1-2-3-4-5-6-7-8-9-12-15-18-19(23-18)16-13-10-11-14-17-20(21)22/h6-7,9-10,12-13,18-19H,2-5,8,11,14-17H2,1H3,(H,21,22)/p-1/b7-6-,12-9-,13-10-/t18-,19+/m1/s1. The summed E-state index contributed by atoms with van der Waals surface area (Å²) in [4.78, 5) is 10.3. The van der Waals surface area contributed by atoms with E-state index in [0.717, 1.165) is 25.7 Å². The number of carbonyl (C=O) groups is 1. The van der Waals surface area contributed by atoms with E-state index < -0.39 is 5.97 Å². The third-order valence-corrected chi connectivity index (χ3v) is 3.92. The molecule has 1 rings (SSSR count). The largest absolute Gasteiger partial charge is 0.550 e. The Balaban J connectivity index is 1.93. The summed E-state index contributed by atoms with van der Waals surface area (Å²) in [5, 5.41) is 10.3. The van der Waals surface area contributed by atoms with E-state index in [0.29, 0.717) is 18.6 Å². The molecule has 0 saturated carbocycles. The van der Waals surface area contributed by atoms with Crippen molar-refractivity contribution < 1.29 is 14.6 Å². The van der Waals surface area contributed by atoms with Crippen molar-refractivity contribution in [2.75, 3.05) is 0 Å². The Kier molecular flexibility index (Phi) is 11.2. The third-order valence-electron chi connectivity index (χ3n) is 3.92. The molecule has 0 amide bonds. The van der Waals surface area contributed by atoms with E-state index in [1.807, 2.05) is 6.08 Å². The fourth-order valence-corrected chi connectivity index (χ4v) is 2.44. The van der Waals surface area contributed by atoms with Crippen LogP contribution in [0, 0.1) is 0 Å². The molecule has 1 saturated heterocycles. The summed E-state index contributed by atoms with van der Waals surface area (Å²) in [5.74, 6) is -0.966. The molecule has 2 atom stereocenters. The van der Waals surface area contributed by atoms with Crippen molar-refractivity contribution in [3.8, 4) is 0 Å². The molecule has 3 nitrogen and oxygen atoms in total. The summed E-state index contributed by atoms with van der Waals surface area (Å²) in [5.41, 5.74) is 0. The van der Waals surface area contributed by atoms with Gasteiger partial charge in [0.05, 0.1) is 12.2 Å². The third kappa shape index (κ3) is 11.8. The number of aliphatic carboxylic acids is 1. The highest BCUT2D eigenvalue weighted by atomic mass is 16.6. The maximum absolute atomic E-state index is 10.3. The summed E-state index contributed by atoms with van der Waals surface area (Å²) in [6.07, 6.45) is 23.5. The summed E-state index contributed by atoms with van der Waals surface area (Å²) in [6.45, 7) is 2.23. The number of rotatable bonds is 14. The van der Waals surface area contributed by atoms with E-state index in [2.05, 4.69) is 37.3 Å². The van der Waals surface area contributed by atoms with Gasteiger partial charge >= 0.3 is 0 Å². The van der Waals surface area contributed by atoms with Crippen LogP contribution in [-0.2, 0) is 9.53 Å². The highest BCUT2D eigenvalue weighted by Crippen LogP contribution is 2.29. The van der Waals surface area contributed by atoms with Crippen molar-refractivity contribution in [2.45, 2.75) is 83.3 Å². The number of hydrogen-bond donors (Lipinski definition) is 0. The second-order valence-corrected chi connectivity index (χ2v) is 6.09. The molecular weight excluding hydrogens is 288 g/mol. The minimum absolute atomic E-state index is 0.144. The van der Waals surface area contributed by atoms with Crippen LogP contribution in [0.15, 0.2) is 36.5 Å². The Labute approximate surface area is 141 Å². The van der Waals surface area contributed by atoms with Crippen LogP contribution in [0.2, 0.25) is 0 Å². The number of carbonyl (C=O) groups excluding carboxylic acids is 1. The molecule has 0 aromatic carbocycles. The second-order valence-electron chi connectivity index (χ2n) is 6.09. The molecule has 3 heteroatoms. The average Bonchev–Trinajstić information content (AvgIpc) is 3.27. The summed E-state index contributed by atoms with van der Waals surface area (Å²) in [7, 11) is 0. The van der Waals surface area contributed by atoms with Gasteiger partial charge in [-0.2, -0.15) is 0 Å². The molecule has 1 aliphatic rings. The van der Waals surface area contributed by atoms with E-state index in [1.165, 1.54) is 25.7 Å². The molecule has 0 aliphatic carbocycles. The molecule has 0 N–H and O–H groups in total. The van der Waals surface area contributed by atoms with Crippen molar-refractivity contribution in [1.29, 1.82) is 0 Å². The molecule has 0 unspecified atom stereocenters. The average molecular weight is 319 g/mol. The fraction of sp³-hybridized carbons (Fsp3) is 0.650. The Morgan fingerprint density at radius 1 is 0.913 bits per heavy atom. The quantitative estimate of drug-likeness (QED) is 0.275. The predicted molar refractivity (Wildman–Crippen MR) is 92.9 cm³/mol. The van der Waals surface area contributed by atoms with Crippen LogP contribution in [0.25, 0.3) is 0 Å². The lowest BCUT2D eigenvalue weighted by atomic mass is 10.1. The van der Waals surface area contributed by atoms with Crippen LogP contribution < -0.4 is 5.11 Å². The lowest BCUT2D eigenvalue weighted by Gasteiger charge is -1.97. The minimum atomic E-state index is -0.966. The predicted octanol–water partition coefficient (Wildman–Crippen LogP) is 4.09. The minimum Gasteiger partial charge on any atom is -0.550 e. The zero-order chi connectivity index (χ0) is 16.8. The molecule has 0 aromatic heterocycles. The molecule has 1 aliphatic heterocycles. The topological polar surface area (TPSA) is 52.7 Å². The van der Waals surface area contributed by atoms with Gasteiger partial charge in [-0.15, -0.1) is 0 Å². The van der Waals surface area contributed by atoms with Gasteiger partial charge in [-0.3, -0.25) is 0 Å². The van der Waals surface area contributed by atoms with E-state index in [4.69, 9.17) is 4.74 Å². The molecule has 0 bridgehead atoms. The zero-order valence-corrected chi connectivity index (χ0v) is 14.4. The highest BCUT2D eigenvalue weighted by molar-refractivity contribution is 5.64. The molecule has 0 aromatic rings. The summed E-state index contributed by atoms with van der Waals surface area (Å²) in [6, 6.07) is 0. The monoisotopic (exact) mass is 319 g/mol. The summed E-state index contributed by atoms with van der Waals surface area (Å²) < 4.78 is 5.61. The van der Waals surface area contributed by atoms with Crippen molar-refractivity contribution in [3.63, 3.8) is 0 Å². The first-order valence-electron chi connectivity index (χ1n) is 9.04. The normalized spacial score (nSPS) is 20.9. The van der Waals surface area contributed by atoms with Crippen LogP contribution in [0.1, 0.15) is 71.1 Å². The van der Waals surface area contributed by atoms with Crippen molar-refractivity contribution in [3.05, 3.63) is 36.5 Å². The Bertz CT molecular complexity index is 396. The van der Waals surface area contributed by atoms with Gasteiger partial charge in [-0.1, -0.05) is 56.2 Å². The van der Waals surface area contributed by atoms with Gasteiger partial charge in [0.1, 0.15) is 0 Å². The molecule has 1 fully saturated rings. The second kappa shape index (κ2) is 13.1. The van der Waals surface area contributed by atoms with Crippen molar-refractivity contribution >= 4 is 5.97 Å². The van der Waals surface area contributed by atoms with Crippen molar-refractivity contribution in [1.82, 2.24) is 0 Å². The van der Waals surface area contributed by atoms with E-state index in [-0.39, 0.29) is 6.42 Å². The van der Waals surface area contributed by atoms with E-state index >= 15 is 0 Å². The maximum atomic E-state index is 10.3. The van der Waals surface area contributed by atoms with Gasteiger partial charge in [-0.05, 0) is 51.4 Å². The Morgan fingerprint density at radius 3 is 2.22 bits per heavy atom. The number of allylic oxidation sites excluding steroid dienone is 4. The number of carboxylic acids is 1. The fourth-order valence-electron chi connectivity index (χ4n) is 2.44. The molecular formula is C20H31O3-. The van der Waals surface area contributed by atoms with E-state index in [1.54, 1.807) is 0 Å². The summed E-state index contributed by atoms with van der Waals surface area (Å²) >= 11 is 0. The maximum Gasteiger partial charge on any atom is 0.0879 e. The lowest BCUT2D eigenvalue weighted by Crippen LogP contribution is -2.21. The Morgan fingerprint density at radius 2 is 1.52 bits per heavy atom. The molecule has 130 valence electrons. The Hall–Kier alpha value is -1.35. The first-order chi connectivity index (χ1) is 11.2. The lowest BCUT2D eigenvalue weighted by molar-refractivity contribution is -0.305. The smallest absolute Gasteiger partial charge is 0.0879 e. The number of unbranched alkanes of at least 4 members (excludes halogenated alkanes) is 4.